The molecule has 0 saturated heterocycles. The molecule has 2 aromatic carbocycles. The van der Waals surface area contributed by atoms with Crippen molar-refractivity contribution in [3.63, 3.8) is 0 Å². The van der Waals surface area contributed by atoms with Gasteiger partial charge in [0, 0.05) is 18.2 Å². The Labute approximate surface area is 228 Å². The zero-order valence-electron chi connectivity index (χ0n) is 19.6. The number of halogens is 4. The summed E-state index contributed by atoms with van der Waals surface area (Å²) in [4.78, 5) is 25.1. The van der Waals surface area contributed by atoms with E-state index < -0.39 is 45.5 Å². The van der Waals surface area contributed by atoms with Crippen LogP contribution >= 0.6 is 23.2 Å². The highest BCUT2D eigenvalue weighted by atomic mass is 35.5. The number of ether oxygens (including phenoxy) is 2. The molecule has 4 rings (SSSR count). The van der Waals surface area contributed by atoms with E-state index in [4.69, 9.17) is 32.7 Å². The number of aromatic nitrogens is 3. The first-order valence-corrected chi connectivity index (χ1v) is 13.1. The Morgan fingerprint density at radius 1 is 1.21 bits per heavy atom. The summed E-state index contributed by atoms with van der Waals surface area (Å²) in [5.41, 5.74) is -4.07. The van der Waals surface area contributed by atoms with Crippen LogP contribution in [0.25, 0.3) is 5.69 Å². The van der Waals surface area contributed by atoms with Gasteiger partial charge in [0.25, 0.3) is 12.0 Å². The summed E-state index contributed by atoms with van der Waals surface area (Å²) in [6, 6.07) is 5.64. The van der Waals surface area contributed by atoms with Crippen molar-refractivity contribution >= 4 is 33.2 Å². The molecule has 0 amide bonds. The highest BCUT2D eigenvalue weighted by Gasteiger charge is 2.33. The third-order valence-corrected chi connectivity index (χ3v) is 7.71. The second-order valence-electron chi connectivity index (χ2n) is 8.25. The quantitative estimate of drug-likeness (QED) is 0.349. The standard InChI is InChI=1S/C22H17Cl2F2N5O7S/c1-37-16-2-9(8-27)15(7-17(16)39(35,36)30-10-3-12(32)4-10)38-19-13(23)5-11(6-14(19)24)31-22(34)28-21(33)18(29-31)20(25)26/h2,5-7,10,12,20,30,32H,3-4H2,1H3,(H,28,33,34)/t10-,12-. The van der Waals surface area contributed by atoms with Gasteiger partial charge in [-0.3, -0.25) is 9.78 Å². The van der Waals surface area contributed by atoms with E-state index in [0.29, 0.717) is 4.68 Å². The number of alkyl halides is 2. The number of nitrogens with one attached hydrogen (secondary N) is 2. The molecule has 3 N–H and O–H groups in total. The van der Waals surface area contributed by atoms with Gasteiger partial charge in [0.2, 0.25) is 10.0 Å². The van der Waals surface area contributed by atoms with Gasteiger partial charge in [-0.1, -0.05) is 23.2 Å². The topological polar surface area (TPSA) is 176 Å². The number of aliphatic hydroxyl groups excluding tert-OH is 1. The molecule has 17 heteroatoms. The van der Waals surface area contributed by atoms with Crippen LogP contribution in [0.5, 0.6) is 17.2 Å². The first-order chi connectivity index (χ1) is 18.3. The molecule has 3 aromatic rings. The molecule has 1 aliphatic rings. The molecule has 206 valence electrons. The minimum Gasteiger partial charge on any atom is -0.495 e. The van der Waals surface area contributed by atoms with Crippen LogP contribution in [-0.4, -0.2) is 47.5 Å². The maximum atomic E-state index is 13.1. The molecule has 0 radical (unpaired) electrons. The number of aromatic amines is 1. The van der Waals surface area contributed by atoms with Gasteiger partial charge in [0.15, 0.2) is 11.4 Å². The Morgan fingerprint density at radius 2 is 1.85 bits per heavy atom. The SMILES string of the molecule is COc1cc(C#N)c(Oc2c(Cl)cc(-n3nc(C(F)F)c(=O)[nH]c3=O)cc2Cl)cc1S(=O)(=O)N[C@H]1C[C@H](O)C1. The molecular weight excluding hydrogens is 587 g/mol. The van der Waals surface area contributed by atoms with Gasteiger partial charge in [0.1, 0.15) is 22.5 Å². The van der Waals surface area contributed by atoms with Crippen LogP contribution < -0.4 is 25.4 Å². The zero-order valence-corrected chi connectivity index (χ0v) is 21.9. The molecule has 0 unspecified atom stereocenters. The summed E-state index contributed by atoms with van der Waals surface area (Å²) in [6.07, 6.45) is -3.44. The molecule has 1 fully saturated rings. The monoisotopic (exact) mass is 603 g/mol. The average molecular weight is 604 g/mol. The number of nitrogens with zero attached hydrogens (tertiary/aromatic N) is 3. The number of benzene rings is 2. The minimum atomic E-state index is -4.19. The van der Waals surface area contributed by atoms with Crippen LogP contribution in [0.4, 0.5) is 8.78 Å². The van der Waals surface area contributed by atoms with Crippen LogP contribution in [0.15, 0.2) is 38.8 Å². The minimum absolute atomic E-state index is 0.152. The van der Waals surface area contributed by atoms with Gasteiger partial charge in [-0.2, -0.15) is 15.0 Å². The molecular formula is C22H17Cl2F2N5O7S. The lowest BCUT2D eigenvalue weighted by Crippen LogP contribution is -2.46. The number of rotatable bonds is 8. The zero-order chi connectivity index (χ0) is 28.6. The molecule has 12 nitrogen and oxygen atoms in total. The second kappa shape index (κ2) is 10.9. The van der Waals surface area contributed by atoms with Crippen molar-refractivity contribution in [2.75, 3.05) is 7.11 Å². The predicted octanol–water partition coefficient (Wildman–Crippen LogP) is 2.64. The lowest BCUT2D eigenvalue weighted by atomic mass is 9.91. The van der Waals surface area contributed by atoms with Crippen LogP contribution in [0.3, 0.4) is 0 Å². The van der Waals surface area contributed by atoms with Crippen molar-refractivity contribution in [1.82, 2.24) is 19.5 Å². The average Bonchev–Trinajstić information content (AvgIpc) is 2.84. The third kappa shape index (κ3) is 5.75. The fourth-order valence-corrected chi connectivity index (χ4v) is 5.64. The van der Waals surface area contributed by atoms with E-state index in [9.17, 15) is 37.2 Å². The van der Waals surface area contributed by atoms with Crippen molar-refractivity contribution in [1.29, 1.82) is 5.26 Å². The largest absolute Gasteiger partial charge is 0.495 e. The fourth-order valence-electron chi connectivity index (χ4n) is 3.66. The van der Waals surface area contributed by atoms with E-state index in [2.05, 4.69) is 9.82 Å². The Morgan fingerprint density at radius 3 is 2.38 bits per heavy atom. The summed E-state index contributed by atoms with van der Waals surface area (Å²) in [7, 11) is -2.98. The van der Waals surface area contributed by atoms with Gasteiger partial charge >= 0.3 is 5.69 Å². The number of H-pyrrole nitrogens is 1. The number of aliphatic hydroxyl groups is 1. The lowest BCUT2D eigenvalue weighted by molar-refractivity contribution is 0.0712. The van der Waals surface area contributed by atoms with Crippen LogP contribution in [0, 0.1) is 11.3 Å². The smallest absolute Gasteiger partial charge is 0.349 e. The number of methoxy groups -OCH3 is 1. The lowest BCUT2D eigenvalue weighted by Gasteiger charge is -2.31. The molecule has 0 aliphatic heterocycles. The summed E-state index contributed by atoms with van der Waals surface area (Å²) in [5, 5.41) is 21.9. The summed E-state index contributed by atoms with van der Waals surface area (Å²) < 4.78 is 66.0. The molecule has 1 aliphatic carbocycles. The second-order valence-corrected chi connectivity index (χ2v) is 10.7. The highest BCUT2D eigenvalue weighted by molar-refractivity contribution is 7.89. The predicted molar refractivity (Wildman–Crippen MR) is 133 cm³/mol. The Balaban J connectivity index is 1.75. The maximum absolute atomic E-state index is 13.1. The van der Waals surface area contributed by atoms with Crippen LogP contribution in [0.2, 0.25) is 10.0 Å². The summed E-state index contributed by atoms with van der Waals surface area (Å²) >= 11 is 12.6. The van der Waals surface area contributed by atoms with Crippen molar-refractivity contribution in [2.45, 2.75) is 36.3 Å². The van der Waals surface area contributed by atoms with E-state index in [1.165, 1.54) is 7.11 Å². The number of hydrogen-bond acceptors (Lipinski definition) is 9. The fraction of sp³-hybridized carbons (Fsp3) is 0.273. The van der Waals surface area contributed by atoms with Gasteiger partial charge in [0.05, 0.1) is 34.5 Å². The Hall–Kier alpha value is -3.55. The highest BCUT2D eigenvalue weighted by Crippen LogP contribution is 2.41. The summed E-state index contributed by atoms with van der Waals surface area (Å²) in [5.74, 6) is -0.700. The number of hydrogen-bond donors (Lipinski definition) is 3. The van der Waals surface area contributed by atoms with Crippen molar-refractivity contribution in [3.05, 3.63) is 66.4 Å². The van der Waals surface area contributed by atoms with Crippen molar-refractivity contribution in [2.24, 2.45) is 0 Å². The third-order valence-electron chi connectivity index (χ3n) is 5.61. The van der Waals surface area contributed by atoms with Crippen molar-refractivity contribution < 1.29 is 31.8 Å². The molecule has 39 heavy (non-hydrogen) atoms. The van der Waals surface area contributed by atoms with Crippen LogP contribution in [-0.2, 0) is 10.0 Å². The van der Waals surface area contributed by atoms with E-state index in [1.807, 2.05) is 6.07 Å². The maximum Gasteiger partial charge on any atom is 0.349 e. The van der Waals surface area contributed by atoms with Crippen LogP contribution in [0.1, 0.15) is 30.5 Å². The molecule has 0 bridgehead atoms. The Kier molecular flexibility index (Phi) is 7.96. The number of nitriles is 1. The van der Waals surface area contributed by atoms with Gasteiger partial charge in [-0.05, 0) is 25.0 Å². The first-order valence-electron chi connectivity index (χ1n) is 10.9. The van der Waals surface area contributed by atoms with E-state index in [-0.39, 0.29) is 56.3 Å². The molecule has 0 spiro atoms. The van der Waals surface area contributed by atoms with Gasteiger partial charge in [-0.15, -0.1) is 0 Å². The Bertz CT molecular complexity index is 1690. The van der Waals surface area contributed by atoms with E-state index in [1.54, 1.807) is 4.98 Å². The normalized spacial score (nSPS) is 17.0. The van der Waals surface area contributed by atoms with E-state index >= 15 is 0 Å². The molecule has 0 atom stereocenters. The first kappa shape index (κ1) is 28.5. The molecule has 1 aromatic heterocycles. The van der Waals surface area contributed by atoms with Gasteiger partial charge in [-0.25, -0.2) is 26.7 Å². The van der Waals surface area contributed by atoms with E-state index in [0.717, 1.165) is 24.3 Å². The number of sulfonamides is 1. The summed E-state index contributed by atoms with van der Waals surface area (Å²) in [6.45, 7) is 0. The van der Waals surface area contributed by atoms with Crippen molar-refractivity contribution in [3.8, 4) is 29.0 Å². The molecule has 1 saturated carbocycles. The molecule has 1 heterocycles. The van der Waals surface area contributed by atoms with Gasteiger partial charge < -0.3 is 14.6 Å².